The second-order valence-electron chi connectivity index (χ2n) is 7.05. The smallest absolute Gasteiger partial charge is 0.191 e. The quantitative estimate of drug-likeness (QED) is 0.202. The molecule has 1 fully saturated rings. The van der Waals surface area contributed by atoms with Gasteiger partial charge in [-0.05, 0) is 25.5 Å². The summed E-state index contributed by atoms with van der Waals surface area (Å²) in [7, 11) is 3.50. The van der Waals surface area contributed by atoms with E-state index in [4.69, 9.17) is 9.47 Å². The Balaban J connectivity index is 0.00000420. The van der Waals surface area contributed by atoms with E-state index < -0.39 is 0 Å². The fraction of sp³-hybridized carbons (Fsp3) is 0.667. The highest BCUT2D eigenvalue weighted by Crippen LogP contribution is 2.16. The average molecular weight is 519 g/mol. The van der Waals surface area contributed by atoms with Crippen molar-refractivity contribution < 1.29 is 9.47 Å². The highest BCUT2D eigenvalue weighted by Gasteiger charge is 2.21. The number of nitrogens with zero attached hydrogens (tertiary/aromatic N) is 3. The molecule has 1 aliphatic rings. The molecule has 1 heterocycles. The number of nitrogens with one attached hydrogen (secondary N) is 2. The molecule has 1 aromatic carbocycles. The predicted molar refractivity (Wildman–Crippen MR) is 132 cm³/mol. The number of anilines is 1. The van der Waals surface area contributed by atoms with Crippen LogP contribution >= 0.6 is 24.0 Å². The van der Waals surface area contributed by atoms with Crippen molar-refractivity contribution in [3.8, 4) is 0 Å². The SMILES string of the molecule is CN=C(NCCCOCCOC)NCC(C)N1CCN(c2ccccc2)CC1.I. The molecule has 0 bridgehead atoms. The number of methoxy groups -OCH3 is 1. The van der Waals surface area contributed by atoms with Gasteiger partial charge in [-0.25, -0.2) is 0 Å². The summed E-state index contributed by atoms with van der Waals surface area (Å²) in [5.41, 5.74) is 1.32. The van der Waals surface area contributed by atoms with Gasteiger partial charge in [0.05, 0.1) is 13.2 Å². The predicted octanol–water partition coefficient (Wildman–Crippen LogP) is 2.03. The maximum absolute atomic E-state index is 5.47. The van der Waals surface area contributed by atoms with E-state index in [9.17, 15) is 0 Å². The molecule has 1 aliphatic heterocycles. The summed E-state index contributed by atoms with van der Waals surface area (Å²) in [4.78, 5) is 9.32. The van der Waals surface area contributed by atoms with Crippen LogP contribution < -0.4 is 15.5 Å². The normalized spacial score (nSPS) is 16.2. The van der Waals surface area contributed by atoms with Crippen LogP contribution in [0, 0.1) is 0 Å². The van der Waals surface area contributed by atoms with Gasteiger partial charge in [-0.2, -0.15) is 0 Å². The third-order valence-electron chi connectivity index (χ3n) is 5.04. The number of para-hydroxylation sites is 1. The first kappa shape index (κ1) is 25.9. The second kappa shape index (κ2) is 15.7. The summed E-state index contributed by atoms with van der Waals surface area (Å²) in [6, 6.07) is 11.1. The minimum atomic E-state index is 0. The highest BCUT2D eigenvalue weighted by molar-refractivity contribution is 14.0. The molecular weight excluding hydrogens is 481 g/mol. The van der Waals surface area contributed by atoms with Crippen LogP contribution in [0.2, 0.25) is 0 Å². The zero-order chi connectivity index (χ0) is 20.0. The molecule has 166 valence electrons. The molecule has 2 N–H and O–H groups in total. The van der Waals surface area contributed by atoms with E-state index in [-0.39, 0.29) is 24.0 Å². The number of hydrogen-bond acceptors (Lipinski definition) is 5. The molecule has 7 nitrogen and oxygen atoms in total. The molecule has 1 atom stereocenters. The van der Waals surface area contributed by atoms with Crippen LogP contribution in [0.25, 0.3) is 0 Å². The Morgan fingerprint density at radius 2 is 1.79 bits per heavy atom. The van der Waals surface area contributed by atoms with Gasteiger partial charge in [0.2, 0.25) is 0 Å². The van der Waals surface area contributed by atoms with Crippen molar-refractivity contribution in [3.05, 3.63) is 30.3 Å². The number of halogens is 1. The van der Waals surface area contributed by atoms with E-state index in [2.05, 4.69) is 62.7 Å². The zero-order valence-electron chi connectivity index (χ0n) is 18.1. The molecule has 8 heteroatoms. The Bertz CT molecular complexity index is 553. The average Bonchev–Trinajstić information content (AvgIpc) is 2.75. The lowest BCUT2D eigenvalue weighted by Crippen LogP contribution is -2.53. The number of rotatable bonds is 11. The molecule has 1 saturated heterocycles. The van der Waals surface area contributed by atoms with E-state index in [0.717, 1.165) is 58.3 Å². The molecule has 0 spiro atoms. The van der Waals surface area contributed by atoms with Crippen LogP contribution in [0.1, 0.15) is 13.3 Å². The lowest BCUT2D eigenvalue weighted by molar-refractivity contribution is 0.0698. The Morgan fingerprint density at radius 1 is 1.07 bits per heavy atom. The Kier molecular flexibility index (Phi) is 14.0. The summed E-state index contributed by atoms with van der Waals surface area (Å²) in [5, 5.41) is 6.79. The summed E-state index contributed by atoms with van der Waals surface area (Å²) >= 11 is 0. The van der Waals surface area contributed by atoms with Gasteiger partial charge in [0, 0.05) is 71.8 Å². The molecule has 0 saturated carbocycles. The van der Waals surface area contributed by atoms with Gasteiger partial charge in [0.25, 0.3) is 0 Å². The molecule has 0 amide bonds. The maximum atomic E-state index is 5.47. The number of guanidine groups is 1. The van der Waals surface area contributed by atoms with Crippen LogP contribution in [0.4, 0.5) is 5.69 Å². The molecule has 1 aromatic rings. The van der Waals surface area contributed by atoms with Crippen molar-refractivity contribution in [3.63, 3.8) is 0 Å². The van der Waals surface area contributed by atoms with Crippen molar-refractivity contribution in [1.82, 2.24) is 15.5 Å². The van der Waals surface area contributed by atoms with Crippen LogP contribution in [0.15, 0.2) is 35.3 Å². The molecule has 0 aliphatic carbocycles. The van der Waals surface area contributed by atoms with Gasteiger partial charge < -0.3 is 25.0 Å². The Hall–Kier alpha value is -1.10. The number of aliphatic imine (C=N–C) groups is 1. The van der Waals surface area contributed by atoms with E-state index in [1.54, 1.807) is 7.11 Å². The van der Waals surface area contributed by atoms with Crippen LogP contribution in [0.3, 0.4) is 0 Å². The molecule has 29 heavy (non-hydrogen) atoms. The first-order valence-corrected chi connectivity index (χ1v) is 10.3. The highest BCUT2D eigenvalue weighted by atomic mass is 127. The standard InChI is InChI=1S/C21H37N5O2.HI/c1-19(18-24-21(22-2)23-10-7-15-28-17-16-27-3)25-11-13-26(14-12-25)20-8-5-4-6-9-20;/h4-6,8-9,19H,7,10-18H2,1-3H3,(H2,22,23,24);1H. The largest absolute Gasteiger partial charge is 0.382 e. The fourth-order valence-corrected chi connectivity index (χ4v) is 3.28. The summed E-state index contributed by atoms with van der Waals surface area (Å²) < 4.78 is 10.4. The molecule has 0 radical (unpaired) electrons. The third kappa shape index (κ3) is 9.97. The van der Waals surface area contributed by atoms with E-state index in [1.165, 1.54) is 5.69 Å². The number of ether oxygens (including phenoxy) is 2. The number of piperazine rings is 1. The first-order valence-electron chi connectivity index (χ1n) is 10.3. The van der Waals surface area contributed by atoms with Crippen molar-refractivity contribution in [2.75, 3.05) is 78.1 Å². The van der Waals surface area contributed by atoms with E-state index >= 15 is 0 Å². The van der Waals surface area contributed by atoms with Crippen molar-refractivity contribution in [2.45, 2.75) is 19.4 Å². The van der Waals surface area contributed by atoms with Crippen LogP contribution in [0.5, 0.6) is 0 Å². The van der Waals surface area contributed by atoms with E-state index in [0.29, 0.717) is 19.3 Å². The third-order valence-corrected chi connectivity index (χ3v) is 5.04. The zero-order valence-corrected chi connectivity index (χ0v) is 20.4. The number of hydrogen-bond donors (Lipinski definition) is 2. The minimum Gasteiger partial charge on any atom is -0.382 e. The van der Waals surface area contributed by atoms with Crippen molar-refractivity contribution in [2.24, 2.45) is 4.99 Å². The van der Waals surface area contributed by atoms with Crippen molar-refractivity contribution in [1.29, 1.82) is 0 Å². The van der Waals surface area contributed by atoms with Gasteiger partial charge in [-0.3, -0.25) is 9.89 Å². The Labute approximate surface area is 193 Å². The maximum Gasteiger partial charge on any atom is 0.191 e. The molecular formula is C21H38IN5O2. The summed E-state index contributed by atoms with van der Waals surface area (Å²) in [6.07, 6.45) is 0.946. The lowest BCUT2D eigenvalue weighted by atomic mass is 10.2. The van der Waals surface area contributed by atoms with Gasteiger partial charge in [-0.15, -0.1) is 24.0 Å². The Morgan fingerprint density at radius 3 is 2.45 bits per heavy atom. The topological polar surface area (TPSA) is 61.4 Å². The van der Waals surface area contributed by atoms with Gasteiger partial charge in [-0.1, -0.05) is 18.2 Å². The van der Waals surface area contributed by atoms with Crippen molar-refractivity contribution >= 4 is 35.6 Å². The second-order valence-corrected chi connectivity index (χ2v) is 7.05. The van der Waals surface area contributed by atoms with Crippen LogP contribution in [-0.2, 0) is 9.47 Å². The first-order chi connectivity index (χ1) is 13.7. The van der Waals surface area contributed by atoms with E-state index in [1.807, 2.05) is 7.05 Å². The monoisotopic (exact) mass is 519 g/mol. The summed E-state index contributed by atoms with van der Waals surface area (Å²) in [5.74, 6) is 0.853. The fourth-order valence-electron chi connectivity index (χ4n) is 3.28. The van der Waals surface area contributed by atoms with Gasteiger partial charge >= 0.3 is 0 Å². The van der Waals surface area contributed by atoms with Gasteiger partial charge in [0.1, 0.15) is 0 Å². The van der Waals surface area contributed by atoms with Crippen LogP contribution in [-0.4, -0.2) is 90.1 Å². The molecule has 2 rings (SSSR count). The number of benzene rings is 1. The minimum absolute atomic E-state index is 0. The summed E-state index contributed by atoms with van der Waals surface area (Å²) in [6.45, 7) is 10.4. The molecule has 1 unspecified atom stereocenters. The van der Waals surface area contributed by atoms with Gasteiger partial charge in [0.15, 0.2) is 5.96 Å². The lowest BCUT2D eigenvalue weighted by Gasteiger charge is -2.39. The molecule has 0 aromatic heterocycles.